The van der Waals surface area contributed by atoms with Gasteiger partial charge in [-0.25, -0.2) is 9.97 Å². The summed E-state index contributed by atoms with van der Waals surface area (Å²) in [7, 11) is 4.24. The number of amides is 1. The fraction of sp³-hybridized carbons (Fsp3) is 0.706. The van der Waals surface area contributed by atoms with Gasteiger partial charge in [0.25, 0.3) is 0 Å². The first kappa shape index (κ1) is 17.1. The predicted octanol–water partition coefficient (Wildman–Crippen LogP) is 0.482. The number of hydrogen-bond acceptors (Lipinski definition) is 6. The molecule has 2 aliphatic rings. The summed E-state index contributed by atoms with van der Waals surface area (Å²) in [5.41, 5.74) is 0. The Morgan fingerprint density at radius 3 is 2.58 bits per heavy atom. The summed E-state index contributed by atoms with van der Waals surface area (Å²) in [5.74, 6) is 0.261. The van der Waals surface area contributed by atoms with Crippen LogP contribution in [0, 0.1) is 0 Å². The van der Waals surface area contributed by atoms with Crippen molar-refractivity contribution in [2.45, 2.75) is 31.4 Å². The summed E-state index contributed by atoms with van der Waals surface area (Å²) in [6.45, 7) is 4.57. The van der Waals surface area contributed by atoms with Crippen molar-refractivity contribution in [3.8, 4) is 6.01 Å². The fourth-order valence-corrected chi connectivity index (χ4v) is 3.37. The van der Waals surface area contributed by atoms with E-state index >= 15 is 0 Å². The molecule has 0 aromatic carbocycles. The highest BCUT2D eigenvalue weighted by Crippen LogP contribution is 2.18. The van der Waals surface area contributed by atoms with Crippen LogP contribution in [0.25, 0.3) is 0 Å². The maximum Gasteiger partial charge on any atom is 0.316 e. The van der Waals surface area contributed by atoms with Crippen molar-refractivity contribution in [3.63, 3.8) is 0 Å². The second-order valence-electron chi connectivity index (χ2n) is 6.83. The zero-order chi connectivity index (χ0) is 16.9. The van der Waals surface area contributed by atoms with E-state index < -0.39 is 0 Å². The lowest BCUT2D eigenvalue weighted by Gasteiger charge is -2.39. The van der Waals surface area contributed by atoms with Gasteiger partial charge in [0.1, 0.15) is 6.10 Å². The molecule has 7 nitrogen and oxygen atoms in total. The average Bonchev–Trinajstić information content (AvgIpc) is 2.60. The minimum absolute atomic E-state index is 0.0972. The van der Waals surface area contributed by atoms with Gasteiger partial charge in [0.15, 0.2) is 0 Å². The first-order chi connectivity index (χ1) is 11.6. The van der Waals surface area contributed by atoms with Crippen molar-refractivity contribution in [2.24, 2.45) is 0 Å². The molecule has 0 N–H and O–H groups in total. The summed E-state index contributed by atoms with van der Waals surface area (Å²) < 4.78 is 5.79. The minimum atomic E-state index is 0.0972. The molecule has 1 aromatic rings. The number of hydrogen-bond donors (Lipinski definition) is 0. The highest BCUT2D eigenvalue weighted by molar-refractivity contribution is 5.77. The van der Waals surface area contributed by atoms with Crippen molar-refractivity contribution in [1.82, 2.24) is 24.7 Å². The van der Waals surface area contributed by atoms with Gasteiger partial charge in [-0.05, 0) is 20.2 Å². The third kappa shape index (κ3) is 4.42. The maximum atomic E-state index is 12.6. The van der Waals surface area contributed by atoms with E-state index in [1.165, 1.54) is 0 Å². The van der Waals surface area contributed by atoms with Gasteiger partial charge in [-0.1, -0.05) is 0 Å². The van der Waals surface area contributed by atoms with Gasteiger partial charge < -0.3 is 19.4 Å². The molecular weight excluding hydrogens is 306 g/mol. The number of piperazine rings is 1. The van der Waals surface area contributed by atoms with E-state index in [-0.39, 0.29) is 12.0 Å². The molecule has 2 fully saturated rings. The Morgan fingerprint density at radius 1 is 1.17 bits per heavy atom. The lowest BCUT2D eigenvalue weighted by molar-refractivity contribution is -0.134. The Balaban J connectivity index is 1.45. The molecule has 132 valence electrons. The van der Waals surface area contributed by atoms with E-state index in [1.807, 2.05) is 4.90 Å². The number of aromatic nitrogens is 2. The molecule has 3 heterocycles. The minimum Gasteiger partial charge on any atom is -0.460 e. The highest BCUT2D eigenvalue weighted by Gasteiger charge is 2.29. The van der Waals surface area contributed by atoms with Gasteiger partial charge in [-0.15, -0.1) is 0 Å². The van der Waals surface area contributed by atoms with Gasteiger partial charge >= 0.3 is 6.01 Å². The van der Waals surface area contributed by atoms with E-state index in [9.17, 15) is 4.79 Å². The molecule has 0 spiro atoms. The van der Waals surface area contributed by atoms with Gasteiger partial charge in [-0.2, -0.15) is 0 Å². The summed E-state index contributed by atoms with van der Waals surface area (Å²) in [4.78, 5) is 27.4. The van der Waals surface area contributed by atoms with E-state index in [4.69, 9.17) is 4.74 Å². The quantitative estimate of drug-likeness (QED) is 0.799. The molecule has 1 amide bonds. The third-order valence-electron chi connectivity index (χ3n) is 5.00. The molecule has 24 heavy (non-hydrogen) atoms. The van der Waals surface area contributed by atoms with Crippen molar-refractivity contribution in [1.29, 1.82) is 0 Å². The molecule has 0 radical (unpaired) electrons. The van der Waals surface area contributed by atoms with Crippen LogP contribution in [0.4, 0.5) is 0 Å². The largest absolute Gasteiger partial charge is 0.460 e. The van der Waals surface area contributed by atoms with E-state index in [0.29, 0.717) is 18.5 Å². The predicted molar refractivity (Wildman–Crippen MR) is 90.8 cm³/mol. The van der Waals surface area contributed by atoms with Crippen LogP contribution in [0.15, 0.2) is 18.5 Å². The van der Waals surface area contributed by atoms with Crippen LogP contribution in [0.3, 0.4) is 0 Å². The summed E-state index contributed by atoms with van der Waals surface area (Å²) in [6.07, 6.45) is 5.74. The Hall–Kier alpha value is -1.73. The number of rotatable bonds is 4. The number of ether oxygens (including phenoxy) is 1. The first-order valence-electron chi connectivity index (χ1n) is 8.72. The van der Waals surface area contributed by atoms with Gasteiger partial charge in [0.05, 0.1) is 0 Å². The van der Waals surface area contributed by atoms with Crippen molar-refractivity contribution in [3.05, 3.63) is 18.5 Å². The topological polar surface area (TPSA) is 61.8 Å². The smallest absolute Gasteiger partial charge is 0.316 e. The lowest BCUT2D eigenvalue weighted by Crippen LogP contribution is -2.52. The number of carbonyl (C=O) groups is 1. The number of likely N-dealkylation sites (tertiary alicyclic amines) is 1. The molecule has 3 rings (SSSR count). The van der Waals surface area contributed by atoms with Gasteiger partial charge in [0, 0.05) is 70.4 Å². The first-order valence-corrected chi connectivity index (χ1v) is 8.72. The van der Waals surface area contributed by atoms with Crippen molar-refractivity contribution < 1.29 is 9.53 Å². The maximum absolute atomic E-state index is 12.6. The van der Waals surface area contributed by atoms with Crippen LogP contribution < -0.4 is 4.74 Å². The van der Waals surface area contributed by atoms with Crippen LogP contribution >= 0.6 is 0 Å². The highest BCUT2D eigenvalue weighted by atomic mass is 16.5. The number of likely N-dealkylation sites (N-methyl/N-ethyl adjacent to an activating group) is 2. The molecular formula is C17H27N5O2. The molecule has 7 heteroatoms. The normalized spacial score (nSPS) is 24.1. The number of piperidine rings is 1. The van der Waals surface area contributed by atoms with E-state index in [0.717, 1.165) is 45.6 Å². The molecule has 2 saturated heterocycles. The van der Waals surface area contributed by atoms with Crippen LogP contribution in [0.2, 0.25) is 0 Å². The summed E-state index contributed by atoms with van der Waals surface area (Å²) in [6, 6.07) is 2.52. The van der Waals surface area contributed by atoms with Crippen molar-refractivity contribution in [2.75, 3.05) is 46.8 Å². The molecule has 2 aliphatic heterocycles. The Labute approximate surface area is 143 Å². The number of carbonyl (C=O) groups excluding carboxylic acids is 1. The molecule has 1 unspecified atom stereocenters. The third-order valence-corrected chi connectivity index (χ3v) is 5.00. The average molecular weight is 333 g/mol. The standard InChI is InChI=1S/C17H27N5O2/c1-20-10-11-21(2)14(13-20)12-16(23)22-8-4-15(5-9-22)24-17-18-6-3-7-19-17/h3,6-7,14-15H,4-5,8-13H2,1-2H3. The summed E-state index contributed by atoms with van der Waals surface area (Å²) in [5, 5.41) is 0. The van der Waals surface area contributed by atoms with Gasteiger partial charge in [-0.3, -0.25) is 4.79 Å². The molecule has 0 bridgehead atoms. The van der Waals surface area contributed by atoms with Crippen LogP contribution in [0.5, 0.6) is 6.01 Å². The molecule has 1 aromatic heterocycles. The zero-order valence-electron chi connectivity index (χ0n) is 14.6. The SMILES string of the molecule is CN1CCN(C)C(CC(=O)N2CCC(Oc3ncccn3)CC2)C1. The second-order valence-corrected chi connectivity index (χ2v) is 6.83. The Bertz CT molecular complexity index is 533. The zero-order valence-corrected chi connectivity index (χ0v) is 14.6. The van der Waals surface area contributed by atoms with Crippen LogP contribution in [-0.4, -0.2) is 89.5 Å². The molecule has 0 saturated carbocycles. The van der Waals surface area contributed by atoms with Crippen molar-refractivity contribution >= 4 is 5.91 Å². The van der Waals surface area contributed by atoms with Gasteiger partial charge in [0.2, 0.25) is 5.91 Å². The van der Waals surface area contributed by atoms with Crippen LogP contribution in [0.1, 0.15) is 19.3 Å². The monoisotopic (exact) mass is 333 g/mol. The van der Waals surface area contributed by atoms with E-state index in [2.05, 4.69) is 33.9 Å². The lowest BCUT2D eigenvalue weighted by atomic mass is 10.0. The molecule has 0 aliphatic carbocycles. The Kier molecular flexibility index (Phi) is 5.63. The van der Waals surface area contributed by atoms with Crippen LogP contribution in [-0.2, 0) is 4.79 Å². The number of nitrogens with zero attached hydrogens (tertiary/aromatic N) is 5. The Morgan fingerprint density at radius 2 is 1.88 bits per heavy atom. The molecule has 1 atom stereocenters. The fourth-order valence-electron chi connectivity index (χ4n) is 3.37. The van der Waals surface area contributed by atoms with E-state index in [1.54, 1.807) is 18.5 Å². The summed E-state index contributed by atoms with van der Waals surface area (Å²) >= 11 is 0. The second kappa shape index (κ2) is 7.90.